The van der Waals surface area contributed by atoms with Crippen LogP contribution in [0.3, 0.4) is 0 Å². The molecule has 24 heavy (non-hydrogen) atoms. The molecule has 0 spiro atoms. The number of hydrogen-bond donors (Lipinski definition) is 2. The first-order valence-corrected chi connectivity index (χ1v) is 7.13. The molecule has 8 nitrogen and oxygen atoms in total. The average molecular weight is 333 g/mol. The molecule has 1 aromatic carbocycles. The lowest BCUT2D eigenvalue weighted by Gasteiger charge is -2.19. The third kappa shape index (κ3) is 6.79. The van der Waals surface area contributed by atoms with Gasteiger partial charge in [0.05, 0.1) is 4.92 Å². The van der Waals surface area contributed by atoms with Crippen LogP contribution >= 0.6 is 0 Å². The summed E-state index contributed by atoms with van der Waals surface area (Å²) < 4.78 is 5.06. The van der Waals surface area contributed by atoms with Crippen molar-refractivity contribution >= 4 is 17.7 Å². The number of ether oxygens (including phenoxy) is 1. The Labute approximate surface area is 139 Å². The molecule has 0 fully saturated rings. The van der Waals surface area contributed by atoms with Crippen molar-refractivity contribution < 1.29 is 19.2 Å². The summed E-state index contributed by atoms with van der Waals surface area (Å²) >= 11 is 0. The highest BCUT2D eigenvalue weighted by molar-refractivity contribution is 5.93. The zero-order chi connectivity index (χ0) is 18.3. The van der Waals surface area contributed by atoms with E-state index in [1.165, 1.54) is 12.1 Å². The predicted molar refractivity (Wildman–Crippen MR) is 87.3 cm³/mol. The average Bonchev–Trinajstić information content (AvgIpc) is 2.44. The lowest BCUT2D eigenvalue weighted by atomic mass is 10.1. The normalized spacial score (nSPS) is 10.3. The Morgan fingerprint density at radius 3 is 2.54 bits per heavy atom. The summed E-state index contributed by atoms with van der Waals surface area (Å²) in [6.07, 6.45) is -0.232. The molecule has 1 aromatic rings. The van der Waals surface area contributed by atoms with Crippen LogP contribution in [-0.4, -0.2) is 29.1 Å². The second kappa shape index (κ2) is 7.97. The number of nitrogens with zero attached hydrogens (tertiary/aromatic N) is 1. The van der Waals surface area contributed by atoms with Gasteiger partial charge in [-0.2, -0.15) is 0 Å². The Bertz CT molecular complexity index is 678. The number of nitro groups is 1. The van der Waals surface area contributed by atoms with Gasteiger partial charge in [-0.05, 0) is 26.8 Å². The fraction of sp³-hybridized carbons (Fsp3) is 0.375. The fourth-order valence-corrected chi connectivity index (χ4v) is 1.64. The predicted octanol–water partition coefficient (Wildman–Crippen LogP) is 1.96. The molecule has 0 heterocycles. The van der Waals surface area contributed by atoms with Crippen LogP contribution in [0.15, 0.2) is 18.2 Å². The number of benzene rings is 1. The van der Waals surface area contributed by atoms with Gasteiger partial charge in [0.15, 0.2) is 0 Å². The van der Waals surface area contributed by atoms with Crippen molar-refractivity contribution in [2.45, 2.75) is 32.8 Å². The van der Waals surface area contributed by atoms with Gasteiger partial charge in [0.25, 0.3) is 5.69 Å². The molecule has 0 bridgehead atoms. The van der Waals surface area contributed by atoms with Gasteiger partial charge in [0.2, 0.25) is 5.91 Å². The van der Waals surface area contributed by atoms with E-state index in [0.29, 0.717) is 12.0 Å². The van der Waals surface area contributed by atoms with Gasteiger partial charge in [0.1, 0.15) is 5.60 Å². The minimum atomic E-state index is -0.770. The van der Waals surface area contributed by atoms with E-state index in [-0.39, 0.29) is 17.8 Å². The van der Waals surface area contributed by atoms with Gasteiger partial charge >= 0.3 is 6.09 Å². The Balaban J connectivity index is 2.68. The van der Waals surface area contributed by atoms with Crippen molar-refractivity contribution in [1.82, 2.24) is 5.32 Å². The van der Waals surface area contributed by atoms with Gasteiger partial charge in [-0.3, -0.25) is 14.9 Å². The number of nitrogens with one attached hydrogen (secondary N) is 1. The second-order valence-electron chi connectivity index (χ2n) is 5.87. The molecular weight excluding hydrogens is 314 g/mol. The van der Waals surface area contributed by atoms with Gasteiger partial charge in [-0.25, -0.2) is 4.79 Å². The summed E-state index contributed by atoms with van der Waals surface area (Å²) in [6, 6.07) is 3.72. The zero-order valence-corrected chi connectivity index (χ0v) is 13.7. The third-order valence-electron chi connectivity index (χ3n) is 2.56. The number of nitrogens with two attached hydrogens (primary N) is 1. The molecule has 0 aliphatic heterocycles. The van der Waals surface area contributed by atoms with Crippen molar-refractivity contribution in [3.05, 3.63) is 39.4 Å². The van der Waals surface area contributed by atoms with E-state index in [2.05, 4.69) is 17.2 Å². The smallest absolute Gasteiger partial charge is 0.407 e. The molecule has 0 aliphatic rings. The number of carbonyl (C=O) groups is 2. The number of alkyl carbamates (subject to hydrolysis) is 1. The van der Waals surface area contributed by atoms with E-state index in [1.807, 2.05) is 0 Å². The summed E-state index contributed by atoms with van der Waals surface area (Å²) in [5.41, 5.74) is 4.61. The van der Waals surface area contributed by atoms with Gasteiger partial charge in [-0.1, -0.05) is 11.8 Å². The Hall–Kier alpha value is -3.08. The third-order valence-corrected chi connectivity index (χ3v) is 2.56. The number of primary amides is 1. The van der Waals surface area contributed by atoms with Crippen molar-refractivity contribution in [3.63, 3.8) is 0 Å². The Morgan fingerprint density at radius 1 is 1.33 bits per heavy atom. The van der Waals surface area contributed by atoms with Crippen LogP contribution in [0, 0.1) is 22.0 Å². The van der Waals surface area contributed by atoms with Crippen molar-refractivity contribution in [2.24, 2.45) is 5.73 Å². The van der Waals surface area contributed by atoms with Gasteiger partial charge in [-0.15, -0.1) is 0 Å². The molecule has 8 heteroatoms. The van der Waals surface area contributed by atoms with E-state index in [9.17, 15) is 19.7 Å². The molecular formula is C16H19N3O5. The summed E-state index contributed by atoms with van der Waals surface area (Å²) in [4.78, 5) is 32.8. The Morgan fingerprint density at radius 2 is 2.00 bits per heavy atom. The van der Waals surface area contributed by atoms with Crippen molar-refractivity contribution in [2.75, 3.05) is 6.54 Å². The SMILES string of the molecule is CC(C)(C)OC(=O)NCCC#Cc1cc(C(N)=O)cc([N+](=O)[O-])c1. The summed E-state index contributed by atoms with van der Waals surface area (Å²) in [7, 11) is 0. The number of carbonyl (C=O) groups excluding carboxylic acids is 2. The minimum Gasteiger partial charge on any atom is -0.444 e. The monoisotopic (exact) mass is 333 g/mol. The van der Waals surface area contributed by atoms with E-state index in [4.69, 9.17) is 10.5 Å². The summed E-state index contributed by atoms with van der Waals surface area (Å²) in [5, 5.41) is 13.4. The van der Waals surface area contributed by atoms with E-state index >= 15 is 0 Å². The van der Waals surface area contributed by atoms with Crippen LogP contribution in [0.4, 0.5) is 10.5 Å². The largest absolute Gasteiger partial charge is 0.444 e. The fourth-order valence-electron chi connectivity index (χ4n) is 1.64. The minimum absolute atomic E-state index is 0.0142. The molecule has 0 saturated heterocycles. The second-order valence-corrected chi connectivity index (χ2v) is 5.87. The van der Waals surface area contributed by atoms with Crippen molar-refractivity contribution in [3.8, 4) is 11.8 Å². The molecule has 0 aliphatic carbocycles. The maximum absolute atomic E-state index is 11.4. The zero-order valence-electron chi connectivity index (χ0n) is 13.7. The van der Waals surface area contributed by atoms with E-state index in [0.717, 1.165) is 6.07 Å². The molecule has 0 radical (unpaired) electrons. The lowest BCUT2D eigenvalue weighted by Crippen LogP contribution is -2.32. The molecule has 0 unspecified atom stereocenters. The first-order chi connectivity index (χ1) is 11.1. The maximum Gasteiger partial charge on any atom is 0.407 e. The number of amides is 2. The highest BCUT2D eigenvalue weighted by Crippen LogP contribution is 2.16. The van der Waals surface area contributed by atoms with Gasteiger partial charge < -0.3 is 15.8 Å². The topological polar surface area (TPSA) is 125 Å². The highest BCUT2D eigenvalue weighted by Gasteiger charge is 2.15. The van der Waals surface area contributed by atoms with Crippen LogP contribution in [-0.2, 0) is 4.74 Å². The molecule has 0 atom stereocenters. The first kappa shape index (κ1) is 19.0. The standard InChI is InChI=1S/C16H19N3O5/c1-16(2,3)24-15(21)18-7-5-4-6-11-8-12(14(17)20)10-13(9-11)19(22)23/h8-10H,5,7H2,1-3H3,(H2,17,20)(H,18,21). The first-order valence-electron chi connectivity index (χ1n) is 7.13. The molecule has 2 amide bonds. The highest BCUT2D eigenvalue weighted by atomic mass is 16.6. The quantitative estimate of drug-likeness (QED) is 0.377. The number of rotatable bonds is 4. The number of nitro benzene ring substituents is 1. The molecule has 3 N–H and O–H groups in total. The molecule has 0 saturated carbocycles. The lowest BCUT2D eigenvalue weighted by molar-refractivity contribution is -0.384. The summed E-state index contributed by atoms with van der Waals surface area (Å²) in [6.45, 7) is 5.53. The van der Waals surface area contributed by atoms with Gasteiger partial charge in [0, 0.05) is 36.2 Å². The molecule has 0 aromatic heterocycles. The Kier molecular flexibility index (Phi) is 6.30. The number of hydrogen-bond acceptors (Lipinski definition) is 5. The van der Waals surface area contributed by atoms with Crippen LogP contribution in [0.2, 0.25) is 0 Å². The van der Waals surface area contributed by atoms with Crippen LogP contribution in [0.25, 0.3) is 0 Å². The van der Waals surface area contributed by atoms with Crippen LogP contribution in [0.1, 0.15) is 43.1 Å². The maximum atomic E-state index is 11.4. The molecule has 128 valence electrons. The van der Waals surface area contributed by atoms with E-state index in [1.54, 1.807) is 20.8 Å². The summed E-state index contributed by atoms with van der Waals surface area (Å²) in [5.74, 6) is 4.69. The van der Waals surface area contributed by atoms with Crippen LogP contribution in [0.5, 0.6) is 0 Å². The van der Waals surface area contributed by atoms with Crippen molar-refractivity contribution in [1.29, 1.82) is 0 Å². The van der Waals surface area contributed by atoms with Crippen LogP contribution < -0.4 is 11.1 Å². The molecule has 1 rings (SSSR count). The van der Waals surface area contributed by atoms with E-state index < -0.39 is 22.5 Å². The number of non-ortho nitro benzene ring substituents is 1.